The van der Waals surface area contributed by atoms with E-state index in [4.69, 9.17) is 9.92 Å². The summed E-state index contributed by atoms with van der Waals surface area (Å²) in [6.45, 7) is 2.76. The Kier molecular flexibility index (Phi) is 7.18. The largest absolute Gasteiger partial charge is 0.573 e. The van der Waals surface area contributed by atoms with Gasteiger partial charge in [0.2, 0.25) is 10.8 Å². The van der Waals surface area contributed by atoms with Crippen molar-refractivity contribution in [1.82, 2.24) is 9.88 Å². The summed E-state index contributed by atoms with van der Waals surface area (Å²) < 4.78 is 31.2. The number of nitrogens with zero attached hydrogens (tertiary/aromatic N) is 3. The molecule has 190 valence electrons. The molecule has 2 N–H and O–H groups in total. The molecule has 37 heavy (non-hydrogen) atoms. The van der Waals surface area contributed by atoms with E-state index in [1.54, 1.807) is 54.7 Å². The van der Waals surface area contributed by atoms with Gasteiger partial charge in [-0.25, -0.2) is 0 Å². The zero-order valence-electron chi connectivity index (χ0n) is 20.2. The van der Waals surface area contributed by atoms with Gasteiger partial charge in [-0.3, -0.25) is 14.0 Å². The smallest absolute Gasteiger partial charge is 0.270 e. The number of nitrogens with two attached hydrogens (primary N) is 1. The molecule has 1 fully saturated rings. The monoisotopic (exact) mass is 516 g/mol. The van der Waals surface area contributed by atoms with Gasteiger partial charge >= 0.3 is 0 Å². The molecule has 0 bridgehead atoms. The zero-order chi connectivity index (χ0) is 25.8. The van der Waals surface area contributed by atoms with Crippen molar-refractivity contribution in [2.24, 2.45) is 5.73 Å². The minimum atomic E-state index is -4.08. The van der Waals surface area contributed by atoms with Crippen LogP contribution in [0.3, 0.4) is 0 Å². The Morgan fingerprint density at radius 2 is 1.65 bits per heavy atom. The van der Waals surface area contributed by atoms with Gasteiger partial charge in [0.05, 0.1) is 6.04 Å². The van der Waals surface area contributed by atoms with E-state index in [-0.39, 0.29) is 16.6 Å². The summed E-state index contributed by atoms with van der Waals surface area (Å²) in [6.07, 6.45) is 1.89. The van der Waals surface area contributed by atoms with Gasteiger partial charge in [-0.2, -0.15) is 0 Å². The van der Waals surface area contributed by atoms with Crippen molar-refractivity contribution in [3.63, 3.8) is 0 Å². The topological polar surface area (TPSA) is 112 Å². The quantitative estimate of drug-likeness (QED) is 0.375. The normalized spacial score (nSPS) is 16.3. The fraction of sp³-hybridized carbons (Fsp3) is 0.214. The van der Waals surface area contributed by atoms with E-state index in [9.17, 15) is 13.6 Å². The Labute approximate surface area is 217 Å². The summed E-state index contributed by atoms with van der Waals surface area (Å²) >= 11 is 0. The van der Waals surface area contributed by atoms with Gasteiger partial charge in [-0.1, -0.05) is 52.7 Å². The number of anilines is 1. The minimum Gasteiger partial charge on any atom is -0.573 e. The molecule has 4 aromatic rings. The highest BCUT2D eigenvalue weighted by Crippen LogP contribution is 2.28. The van der Waals surface area contributed by atoms with Crippen LogP contribution in [0.4, 0.5) is 5.69 Å². The van der Waals surface area contributed by atoms with Gasteiger partial charge in [-0.05, 0) is 48.4 Å². The van der Waals surface area contributed by atoms with Crippen LogP contribution in [0, 0.1) is 0 Å². The third kappa shape index (κ3) is 5.64. The summed E-state index contributed by atoms with van der Waals surface area (Å²) in [5, 5.41) is 0.711. The van der Waals surface area contributed by atoms with E-state index in [1.807, 2.05) is 23.1 Å². The third-order valence-corrected chi connectivity index (χ3v) is 7.76. The van der Waals surface area contributed by atoms with Crippen molar-refractivity contribution in [3.05, 3.63) is 96.7 Å². The molecule has 8 nitrogen and oxygen atoms in total. The molecule has 2 heterocycles. The van der Waals surface area contributed by atoms with Crippen molar-refractivity contribution in [3.8, 4) is 5.75 Å². The number of rotatable bonds is 7. The van der Waals surface area contributed by atoms with Crippen LogP contribution in [0.15, 0.2) is 96.0 Å². The highest BCUT2D eigenvalue weighted by atomic mass is 32.3. The van der Waals surface area contributed by atoms with E-state index < -0.39 is 16.5 Å². The Balaban J connectivity index is 1.18. The van der Waals surface area contributed by atoms with Crippen LogP contribution in [0.2, 0.25) is 0 Å². The predicted molar refractivity (Wildman–Crippen MR) is 143 cm³/mol. The lowest BCUT2D eigenvalue weighted by molar-refractivity contribution is -0.132. The van der Waals surface area contributed by atoms with Crippen molar-refractivity contribution in [1.29, 1.82) is 0 Å². The van der Waals surface area contributed by atoms with Crippen LogP contribution in [-0.2, 0) is 25.9 Å². The number of fused-ring (bicyclic) bond motifs is 1. The van der Waals surface area contributed by atoms with E-state index >= 15 is 0 Å². The van der Waals surface area contributed by atoms with Gasteiger partial charge in [0, 0.05) is 43.4 Å². The first-order valence-electron chi connectivity index (χ1n) is 12.1. The lowest BCUT2D eigenvalue weighted by Crippen LogP contribution is -2.53. The predicted octanol–water partition coefficient (Wildman–Crippen LogP) is 3.44. The summed E-state index contributed by atoms with van der Waals surface area (Å²) in [4.78, 5) is 21.2. The molecule has 3 aromatic carbocycles. The number of piperazine rings is 1. The second kappa shape index (κ2) is 10.7. The fourth-order valence-corrected chi connectivity index (χ4v) is 5.64. The first-order valence-corrected chi connectivity index (χ1v) is 13.5. The first kappa shape index (κ1) is 24.9. The highest BCUT2D eigenvalue weighted by molar-refractivity contribution is 7.93. The Bertz CT molecular complexity index is 1420. The molecule has 5 rings (SSSR count). The minimum absolute atomic E-state index is 0.00894. The molecule has 0 spiro atoms. The van der Waals surface area contributed by atoms with Crippen LogP contribution >= 0.6 is 0 Å². The zero-order valence-corrected chi connectivity index (χ0v) is 21.0. The lowest BCUT2D eigenvalue weighted by atomic mass is 10.0. The molecule has 2 atom stereocenters. The maximum atomic E-state index is 12.9. The molecular weight excluding hydrogens is 488 g/mol. The second-order valence-corrected chi connectivity index (χ2v) is 10.5. The lowest BCUT2D eigenvalue weighted by Gasteiger charge is -2.37. The molecule has 0 aliphatic carbocycles. The SMILES string of the molecule is N[C@@H](Cc1ccc(O[S+](=O)([O-])c2cccc3cccnc23)cc1)C(=O)N1CCN(c2ccccc2)CC1. The molecule has 9 heteroatoms. The van der Waals surface area contributed by atoms with E-state index in [0.717, 1.165) is 24.3 Å². The molecule has 1 aliphatic rings. The average molecular weight is 517 g/mol. The number of hydrogen-bond donors (Lipinski definition) is 1. The van der Waals surface area contributed by atoms with Crippen molar-refractivity contribution in [2.45, 2.75) is 17.4 Å². The second-order valence-electron chi connectivity index (χ2n) is 8.97. The fourth-order valence-electron chi connectivity index (χ4n) is 4.53. The van der Waals surface area contributed by atoms with Crippen LogP contribution in [0.1, 0.15) is 5.56 Å². The summed E-state index contributed by atoms with van der Waals surface area (Å²) in [7, 11) is -4.08. The Hall–Kier alpha value is -3.79. The molecule has 1 aromatic heterocycles. The number of amides is 1. The number of carbonyl (C=O) groups excluding carboxylic acids is 1. The van der Waals surface area contributed by atoms with Crippen LogP contribution < -0.4 is 14.8 Å². The van der Waals surface area contributed by atoms with Crippen molar-refractivity contribution in [2.75, 3.05) is 31.1 Å². The van der Waals surface area contributed by atoms with Gasteiger partial charge in [0.25, 0.3) is 10.5 Å². The number of benzene rings is 3. The first-order chi connectivity index (χ1) is 17.9. The van der Waals surface area contributed by atoms with Gasteiger partial charge in [0.1, 0.15) is 5.52 Å². The molecule has 1 unspecified atom stereocenters. The van der Waals surface area contributed by atoms with E-state index in [1.165, 1.54) is 6.07 Å². The van der Waals surface area contributed by atoms with E-state index in [0.29, 0.717) is 30.4 Å². The third-order valence-electron chi connectivity index (χ3n) is 6.48. The average Bonchev–Trinajstić information content (AvgIpc) is 2.94. The number of aromatic nitrogens is 1. The Morgan fingerprint density at radius 3 is 2.38 bits per heavy atom. The van der Waals surface area contributed by atoms with Crippen molar-refractivity contribution >= 4 is 33.0 Å². The Morgan fingerprint density at radius 1 is 0.946 bits per heavy atom. The molecular formula is C28H28N4O4S. The summed E-state index contributed by atoms with van der Waals surface area (Å²) in [5.41, 5.74) is 8.59. The van der Waals surface area contributed by atoms with Crippen molar-refractivity contribution < 1.29 is 17.7 Å². The molecule has 1 saturated heterocycles. The van der Waals surface area contributed by atoms with Crippen LogP contribution in [-0.4, -0.2) is 52.6 Å². The number of para-hydroxylation sites is 2. The van der Waals surface area contributed by atoms with Gasteiger partial charge < -0.3 is 20.1 Å². The number of pyridine rings is 1. The van der Waals surface area contributed by atoms with E-state index in [2.05, 4.69) is 22.0 Å². The highest BCUT2D eigenvalue weighted by Gasteiger charge is 2.28. The molecule has 0 radical (unpaired) electrons. The van der Waals surface area contributed by atoms with Crippen LogP contribution in [0.5, 0.6) is 5.75 Å². The van der Waals surface area contributed by atoms with Gasteiger partial charge in [0.15, 0.2) is 5.75 Å². The maximum absolute atomic E-state index is 12.9. The maximum Gasteiger partial charge on any atom is 0.270 e. The molecule has 0 saturated carbocycles. The molecule has 1 aliphatic heterocycles. The van der Waals surface area contributed by atoms with Crippen LogP contribution in [0.25, 0.3) is 10.9 Å². The summed E-state index contributed by atoms with van der Waals surface area (Å²) in [5.74, 6) is 0.0905. The number of hydrogen-bond acceptors (Lipinski definition) is 7. The van der Waals surface area contributed by atoms with Gasteiger partial charge in [-0.15, -0.1) is 0 Å². The molecule has 1 amide bonds. The standard InChI is InChI=1S/C28H28N4O4S/c29-25(28(33)32-18-16-31(17-19-32)23-8-2-1-3-9-23)20-21-11-13-24(14-12-21)36-37(34,35)26-10-4-6-22-7-5-15-30-27(22)26/h1-15,25H,16-20,29H2/t25-/m0/s1. The number of carbonyl (C=O) groups is 1. The summed E-state index contributed by atoms with van der Waals surface area (Å²) in [6, 6.07) is 24.5.